The van der Waals surface area contributed by atoms with Crippen LogP contribution in [0.5, 0.6) is 0 Å². The second kappa shape index (κ2) is 5.78. The van der Waals surface area contributed by atoms with Crippen LogP contribution >= 0.6 is 0 Å². The van der Waals surface area contributed by atoms with Crippen molar-refractivity contribution in [2.24, 2.45) is 0 Å². The zero-order valence-corrected chi connectivity index (χ0v) is 10.1. The van der Waals surface area contributed by atoms with Crippen molar-refractivity contribution in [1.82, 2.24) is 15.3 Å². The van der Waals surface area contributed by atoms with Gasteiger partial charge < -0.3 is 15.6 Å². The summed E-state index contributed by atoms with van der Waals surface area (Å²) in [5, 5.41) is 11.2. The van der Waals surface area contributed by atoms with Crippen molar-refractivity contribution in [2.45, 2.75) is 6.92 Å². The molecule has 0 spiro atoms. The van der Waals surface area contributed by atoms with Crippen molar-refractivity contribution in [1.29, 1.82) is 0 Å². The predicted molar refractivity (Wildman–Crippen MR) is 70.8 cm³/mol. The molecule has 1 aromatic carbocycles. The van der Waals surface area contributed by atoms with Crippen molar-refractivity contribution in [3.8, 4) is 0 Å². The van der Waals surface area contributed by atoms with Gasteiger partial charge in [0.15, 0.2) is 0 Å². The first-order valence-electron chi connectivity index (χ1n) is 5.23. The lowest BCUT2D eigenvalue weighted by atomic mass is 10.2. The average molecular weight is 263 g/mol. The van der Waals surface area contributed by atoms with Gasteiger partial charge in [0.2, 0.25) is 0 Å². The minimum absolute atomic E-state index is 0. The molecule has 5 N–H and O–H groups in total. The van der Waals surface area contributed by atoms with Crippen LogP contribution in [0.25, 0.3) is 17.0 Å². The maximum absolute atomic E-state index is 11.7. The fraction of sp³-hybridized carbons (Fsp3) is 0.0833. The number of aromatic nitrogens is 2. The molecular formula is C12H13N3O4. The van der Waals surface area contributed by atoms with E-state index in [4.69, 9.17) is 5.11 Å². The van der Waals surface area contributed by atoms with Crippen LogP contribution in [0.1, 0.15) is 12.7 Å². The Morgan fingerprint density at radius 2 is 2.11 bits per heavy atom. The van der Waals surface area contributed by atoms with Crippen molar-refractivity contribution in [3.05, 3.63) is 46.1 Å². The van der Waals surface area contributed by atoms with E-state index < -0.39 is 6.09 Å². The number of allylic oxidation sites excluding steroid dienone is 1. The zero-order chi connectivity index (χ0) is 13.1. The highest BCUT2D eigenvalue weighted by Gasteiger charge is 2.02. The van der Waals surface area contributed by atoms with E-state index in [2.05, 4.69) is 15.3 Å². The summed E-state index contributed by atoms with van der Waals surface area (Å²) < 4.78 is 0. The van der Waals surface area contributed by atoms with E-state index in [1.807, 2.05) is 0 Å². The van der Waals surface area contributed by atoms with Gasteiger partial charge in [-0.15, -0.1) is 0 Å². The summed E-state index contributed by atoms with van der Waals surface area (Å²) in [5.41, 5.74) is 0.687. The molecule has 100 valence electrons. The maximum Gasteiger partial charge on any atom is 0.408 e. The number of carboxylic acid groups (broad SMARTS) is 1. The Morgan fingerprint density at radius 1 is 1.42 bits per heavy atom. The first kappa shape index (κ1) is 14.4. The Labute approximate surface area is 107 Å². The number of nitrogens with one attached hydrogen (secondary N) is 2. The van der Waals surface area contributed by atoms with Crippen LogP contribution < -0.4 is 10.9 Å². The molecule has 7 heteroatoms. The Balaban J connectivity index is 0.00000180. The van der Waals surface area contributed by atoms with E-state index in [0.29, 0.717) is 22.4 Å². The molecule has 0 saturated heterocycles. The zero-order valence-electron chi connectivity index (χ0n) is 10.1. The SMILES string of the molecule is C/C(=C/c1nc2ccccc2c(=O)[nH]1)NC(=O)O.O. The van der Waals surface area contributed by atoms with E-state index in [9.17, 15) is 9.59 Å². The number of nitrogens with zero attached hydrogens (tertiary/aromatic N) is 1. The third-order valence-corrected chi connectivity index (χ3v) is 2.29. The summed E-state index contributed by atoms with van der Waals surface area (Å²) >= 11 is 0. The number of amides is 1. The van der Waals surface area contributed by atoms with E-state index >= 15 is 0 Å². The molecule has 0 bridgehead atoms. The number of carbonyl (C=O) groups is 1. The molecule has 0 unspecified atom stereocenters. The molecule has 0 saturated carbocycles. The Morgan fingerprint density at radius 3 is 2.79 bits per heavy atom. The lowest BCUT2D eigenvalue weighted by Crippen LogP contribution is -2.18. The van der Waals surface area contributed by atoms with Crippen molar-refractivity contribution in [2.75, 3.05) is 0 Å². The number of fused-ring (bicyclic) bond motifs is 1. The molecule has 0 aliphatic rings. The highest BCUT2D eigenvalue weighted by atomic mass is 16.4. The van der Waals surface area contributed by atoms with Gasteiger partial charge in [0.05, 0.1) is 10.9 Å². The highest BCUT2D eigenvalue weighted by Crippen LogP contribution is 2.07. The molecule has 0 radical (unpaired) electrons. The van der Waals surface area contributed by atoms with Gasteiger partial charge in [-0.3, -0.25) is 10.1 Å². The van der Waals surface area contributed by atoms with Gasteiger partial charge in [0.1, 0.15) is 5.82 Å². The summed E-state index contributed by atoms with van der Waals surface area (Å²) in [5.74, 6) is 0.310. The predicted octanol–water partition coefficient (Wildman–Crippen LogP) is 0.727. The summed E-state index contributed by atoms with van der Waals surface area (Å²) in [7, 11) is 0. The van der Waals surface area contributed by atoms with Gasteiger partial charge in [-0.25, -0.2) is 9.78 Å². The summed E-state index contributed by atoms with van der Waals surface area (Å²) in [6.45, 7) is 1.57. The fourth-order valence-electron chi connectivity index (χ4n) is 1.58. The van der Waals surface area contributed by atoms with Crippen molar-refractivity contribution >= 4 is 23.1 Å². The summed E-state index contributed by atoms with van der Waals surface area (Å²) in [6, 6.07) is 6.94. The number of rotatable bonds is 2. The van der Waals surface area contributed by atoms with E-state index in [-0.39, 0.29) is 11.0 Å². The largest absolute Gasteiger partial charge is 0.465 e. The van der Waals surface area contributed by atoms with Gasteiger partial charge in [0, 0.05) is 11.8 Å². The molecule has 19 heavy (non-hydrogen) atoms. The monoisotopic (exact) mass is 263 g/mol. The van der Waals surface area contributed by atoms with Crippen LogP contribution in [0, 0.1) is 0 Å². The number of benzene rings is 1. The number of H-pyrrole nitrogens is 1. The van der Waals surface area contributed by atoms with Crippen molar-refractivity contribution in [3.63, 3.8) is 0 Å². The molecule has 7 nitrogen and oxygen atoms in total. The Kier molecular flexibility index (Phi) is 4.38. The molecule has 2 aromatic rings. The minimum Gasteiger partial charge on any atom is -0.465 e. The first-order chi connectivity index (χ1) is 8.56. The van der Waals surface area contributed by atoms with Crippen LogP contribution in [0.2, 0.25) is 0 Å². The molecule has 1 amide bonds. The second-order valence-corrected chi connectivity index (χ2v) is 3.73. The average Bonchev–Trinajstić information content (AvgIpc) is 2.27. The quantitative estimate of drug-likeness (QED) is 0.737. The molecule has 2 rings (SSSR count). The van der Waals surface area contributed by atoms with Crippen LogP contribution in [0.3, 0.4) is 0 Å². The van der Waals surface area contributed by atoms with Gasteiger partial charge in [-0.2, -0.15) is 0 Å². The standard InChI is InChI=1S/C12H11N3O3.H2O/c1-7(13-12(17)18)6-10-14-9-5-3-2-4-8(9)11(16)15-10;/h2-6,13H,1H3,(H,17,18)(H,14,15,16);1H2/b7-6-;. The number of aromatic amines is 1. The third-order valence-electron chi connectivity index (χ3n) is 2.29. The molecule has 0 aliphatic heterocycles. The first-order valence-corrected chi connectivity index (χ1v) is 5.23. The van der Waals surface area contributed by atoms with E-state index in [1.54, 1.807) is 31.2 Å². The van der Waals surface area contributed by atoms with Gasteiger partial charge in [-0.05, 0) is 19.1 Å². The smallest absolute Gasteiger partial charge is 0.408 e. The Hall–Kier alpha value is -2.67. The normalized spacial score (nSPS) is 10.9. The molecule has 1 heterocycles. The van der Waals surface area contributed by atoms with Crippen LogP contribution in [-0.4, -0.2) is 26.6 Å². The van der Waals surface area contributed by atoms with Crippen LogP contribution in [0.15, 0.2) is 34.8 Å². The molecule has 1 aromatic heterocycles. The summed E-state index contributed by atoms with van der Waals surface area (Å²) in [6.07, 6.45) is 0.300. The highest BCUT2D eigenvalue weighted by molar-refractivity contribution is 5.78. The minimum atomic E-state index is -1.16. The molecule has 0 aliphatic carbocycles. The van der Waals surface area contributed by atoms with E-state index in [1.165, 1.54) is 6.08 Å². The fourth-order valence-corrected chi connectivity index (χ4v) is 1.58. The Bertz CT molecular complexity index is 691. The topological polar surface area (TPSA) is 127 Å². The van der Waals surface area contributed by atoms with E-state index in [0.717, 1.165) is 0 Å². The van der Waals surface area contributed by atoms with Crippen LogP contribution in [0.4, 0.5) is 4.79 Å². The van der Waals surface area contributed by atoms with Crippen LogP contribution in [-0.2, 0) is 0 Å². The molecule has 0 atom stereocenters. The number of para-hydroxylation sites is 1. The maximum atomic E-state index is 11.7. The number of hydrogen-bond donors (Lipinski definition) is 3. The van der Waals surface area contributed by atoms with Gasteiger partial charge in [0.25, 0.3) is 5.56 Å². The van der Waals surface area contributed by atoms with Gasteiger partial charge in [-0.1, -0.05) is 12.1 Å². The molecule has 0 fully saturated rings. The molecular weight excluding hydrogens is 250 g/mol. The lowest BCUT2D eigenvalue weighted by Gasteiger charge is -2.01. The van der Waals surface area contributed by atoms with Gasteiger partial charge >= 0.3 is 6.09 Å². The third kappa shape index (κ3) is 3.39. The second-order valence-electron chi connectivity index (χ2n) is 3.73. The number of hydrogen-bond acceptors (Lipinski definition) is 3. The summed E-state index contributed by atoms with van der Waals surface area (Å²) in [4.78, 5) is 29.0. The lowest BCUT2D eigenvalue weighted by molar-refractivity contribution is 0.197. The van der Waals surface area contributed by atoms with Crippen molar-refractivity contribution < 1.29 is 15.4 Å².